The lowest BCUT2D eigenvalue weighted by Crippen LogP contribution is -2.28. The molecule has 2 aromatic heterocycles. The van der Waals surface area contributed by atoms with Crippen molar-refractivity contribution in [1.29, 1.82) is 0 Å². The second-order valence-electron chi connectivity index (χ2n) is 8.40. The van der Waals surface area contributed by atoms with Gasteiger partial charge in [-0.2, -0.15) is 13.2 Å². The van der Waals surface area contributed by atoms with E-state index in [1.807, 2.05) is 18.2 Å². The van der Waals surface area contributed by atoms with E-state index in [0.717, 1.165) is 16.7 Å². The van der Waals surface area contributed by atoms with Crippen LogP contribution in [0.25, 0.3) is 34.0 Å². The van der Waals surface area contributed by atoms with Gasteiger partial charge >= 0.3 is 6.18 Å². The van der Waals surface area contributed by atoms with Crippen molar-refractivity contribution < 1.29 is 32.4 Å². The lowest BCUT2D eigenvalue weighted by Gasteiger charge is -2.17. The number of aromatic nitrogens is 2. The third kappa shape index (κ3) is 4.47. The minimum atomic E-state index is -4.71. The van der Waals surface area contributed by atoms with Crippen LogP contribution in [0.5, 0.6) is 0 Å². The summed E-state index contributed by atoms with van der Waals surface area (Å²) in [6.45, 7) is 0.439. The van der Waals surface area contributed by atoms with Crippen molar-refractivity contribution in [2.45, 2.75) is 31.7 Å². The van der Waals surface area contributed by atoms with Gasteiger partial charge in [0.2, 0.25) is 0 Å². The fourth-order valence-corrected chi connectivity index (χ4v) is 4.34. The first kappa shape index (κ1) is 23.3. The maximum atomic E-state index is 14.1. The molecule has 4 aromatic rings. The first-order valence-corrected chi connectivity index (χ1v) is 11.1. The fourth-order valence-electron chi connectivity index (χ4n) is 4.34. The monoisotopic (exact) mass is 485 g/mol. The van der Waals surface area contributed by atoms with Crippen LogP contribution in [0, 0.1) is 0 Å². The average molecular weight is 485 g/mol. The molecule has 0 fully saturated rings. The minimum absolute atomic E-state index is 0.0346. The second-order valence-corrected chi connectivity index (χ2v) is 8.40. The molecule has 0 radical (unpaired) electrons. The Kier molecular flexibility index (Phi) is 6.18. The average Bonchev–Trinajstić information content (AvgIpc) is 3.49. The molecular weight excluding hydrogens is 463 g/mol. The van der Waals surface area contributed by atoms with Crippen molar-refractivity contribution >= 4 is 0 Å². The van der Waals surface area contributed by atoms with Crippen LogP contribution < -0.4 is 5.32 Å². The van der Waals surface area contributed by atoms with Gasteiger partial charge in [0.1, 0.15) is 11.3 Å². The summed E-state index contributed by atoms with van der Waals surface area (Å²) < 4.78 is 53.0. The van der Waals surface area contributed by atoms with Crippen LogP contribution in [0.3, 0.4) is 0 Å². The molecule has 2 heterocycles. The van der Waals surface area contributed by atoms with Gasteiger partial charge in [0, 0.05) is 29.8 Å². The van der Waals surface area contributed by atoms with Gasteiger partial charge in [0.15, 0.2) is 17.2 Å². The van der Waals surface area contributed by atoms with Gasteiger partial charge in [0.05, 0.1) is 12.7 Å². The van der Waals surface area contributed by atoms with E-state index in [1.54, 1.807) is 18.2 Å². The van der Waals surface area contributed by atoms with Gasteiger partial charge in [0.25, 0.3) is 0 Å². The summed E-state index contributed by atoms with van der Waals surface area (Å²) >= 11 is 0. The lowest BCUT2D eigenvalue weighted by molar-refractivity contribution is -0.136. The number of rotatable bonds is 7. The topological polar surface area (TPSA) is 105 Å². The standard InChI is InChI=1S/C25H22F3N3O4/c26-25(27,28)20-22(31-34-23(20)15-4-2-1-3-5-15)24-19-9-7-16-10-14(11-29-12-17(33)13-32)6-8-18(16)21(19)30-35-24/h1-6,8,10,17,29,32-33H,7,9,11-13H2/t17-/m1/s1. The quantitative estimate of drug-likeness (QED) is 0.360. The Morgan fingerprint density at radius 1 is 0.971 bits per heavy atom. The van der Waals surface area contributed by atoms with Gasteiger partial charge in [-0.1, -0.05) is 58.8 Å². The first-order chi connectivity index (χ1) is 16.9. The summed E-state index contributed by atoms with van der Waals surface area (Å²) in [7, 11) is 0. The molecular formula is C25H22F3N3O4. The Labute approximate surface area is 198 Å². The first-order valence-electron chi connectivity index (χ1n) is 11.1. The van der Waals surface area contributed by atoms with Crippen molar-refractivity contribution in [3.05, 3.63) is 70.8 Å². The van der Waals surface area contributed by atoms with E-state index >= 15 is 0 Å². The van der Waals surface area contributed by atoms with E-state index in [-0.39, 0.29) is 30.2 Å². The highest BCUT2D eigenvalue weighted by molar-refractivity contribution is 5.79. The van der Waals surface area contributed by atoms with E-state index < -0.39 is 23.5 Å². The van der Waals surface area contributed by atoms with Crippen LogP contribution in [-0.4, -0.2) is 39.8 Å². The Bertz CT molecular complexity index is 1330. The lowest BCUT2D eigenvalue weighted by atomic mass is 9.87. The molecule has 1 atom stereocenters. The van der Waals surface area contributed by atoms with Crippen LogP contribution in [0.2, 0.25) is 0 Å². The Morgan fingerprint density at radius 3 is 2.46 bits per heavy atom. The van der Waals surface area contributed by atoms with Crippen molar-refractivity contribution in [3.63, 3.8) is 0 Å². The number of benzene rings is 2. The number of nitrogens with one attached hydrogen (secondary N) is 1. The van der Waals surface area contributed by atoms with Gasteiger partial charge < -0.3 is 24.6 Å². The molecule has 7 nitrogen and oxygen atoms in total. The van der Waals surface area contributed by atoms with E-state index in [2.05, 4.69) is 15.6 Å². The molecule has 35 heavy (non-hydrogen) atoms. The summed E-state index contributed by atoms with van der Waals surface area (Å²) in [6, 6.07) is 13.8. The molecule has 2 aromatic carbocycles. The smallest absolute Gasteiger partial charge is 0.394 e. The molecule has 10 heteroatoms. The summed E-state index contributed by atoms with van der Waals surface area (Å²) in [5.41, 5.74) is 2.70. The van der Waals surface area contributed by atoms with Crippen molar-refractivity contribution in [2.24, 2.45) is 0 Å². The Balaban J connectivity index is 1.48. The number of fused-ring (bicyclic) bond motifs is 3. The van der Waals surface area contributed by atoms with Gasteiger partial charge in [-0.05, 0) is 24.0 Å². The molecule has 1 aliphatic carbocycles. The SMILES string of the molecule is OC[C@H](O)CNCc1ccc2c(c1)CCc1c-2noc1-c1noc(-c2ccccc2)c1C(F)(F)F. The number of nitrogens with zero attached hydrogens (tertiary/aromatic N) is 2. The molecule has 0 unspecified atom stereocenters. The van der Waals surface area contributed by atoms with Crippen molar-refractivity contribution in [3.8, 4) is 34.0 Å². The molecule has 0 spiro atoms. The summed E-state index contributed by atoms with van der Waals surface area (Å²) in [6.07, 6.45) is -4.51. The molecule has 182 valence electrons. The normalized spacial score (nSPS) is 14.0. The summed E-state index contributed by atoms with van der Waals surface area (Å²) in [4.78, 5) is 0. The molecule has 5 rings (SSSR count). The van der Waals surface area contributed by atoms with E-state index in [9.17, 15) is 18.3 Å². The maximum Gasteiger partial charge on any atom is 0.422 e. The number of aliphatic hydroxyl groups is 2. The third-order valence-corrected chi connectivity index (χ3v) is 6.00. The fraction of sp³-hybridized carbons (Fsp3) is 0.280. The van der Waals surface area contributed by atoms with Crippen molar-refractivity contribution in [1.82, 2.24) is 15.6 Å². The van der Waals surface area contributed by atoms with Gasteiger partial charge in [-0.25, -0.2) is 0 Å². The third-order valence-electron chi connectivity index (χ3n) is 6.00. The highest BCUT2D eigenvalue weighted by atomic mass is 19.4. The maximum absolute atomic E-state index is 14.1. The van der Waals surface area contributed by atoms with Crippen LogP contribution in [0.1, 0.15) is 22.3 Å². The molecule has 0 saturated carbocycles. The van der Waals surface area contributed by atoms with E-state index in [0.29, 0.717) is 30.6 Å². The van der Waals surface area contributed by atoms with Crippen LogP contribution in [0.4, 0.5) is 13.2 Å². The molecule has 3 N–H and O–H groups in total. The van der Waals surface area contributed by atoms with Crippen LogP contribution >= 0.6 is 0 Å². The predicted octanol–water partition coefficient (Wildman–Crippen LogP) is 4.22. The summed E-state index contributed by atoms with van der Waals surface area (Å²) in [5.74, 6) is -0.398. The van der Waals surface area contributed by atoms with E-state index in [4.69, 9.17) is 14.2 Å². The largest absolute Gasteiger partial charge is 0.422 e. The van der Waals surface area contributed by atoms with Crippen molar-refractivity contribution in [2.75, 3.05) is 13.2 Å². The van der Waals surface area contributed by atoms with Crippen LogP contribution in [-0.2, 0) is 25.6 Å². The zero-order valence-electron chi connectivity index (χ0n) is 18.5. The van der Waals surface area contributed by atoms with Gasteiger partial charge in [-0.3, -0.25) is 0 Å². The molecule has 0 aliphatic heterocycles. The second kappa shape index (κ2) is 9.29. The zero-order valence-corrected chi connectivity index (χ0v) is 18.5. The minimum Gasteiger partial charge on any atom is -0.394 e. The highest BCUT2D eigenvalue weighted by Crippen LogP contribution is 2.46. The number of aliphatic hydroxyl groups excluding tert-OH is 2. The molecule has 0 bridgehead atoms. The van der Waals surface area contributed by atoms with Gasteiger partial charge in [-0.15, -0.1) is 0 Å². The number of aryl methyl sites for hydroxylation is 1. The Hall–Kier alpha value is -3.47. The van der Waals surface area contributed by atoms with E-state index in [1.165, 1.54) is 12.1 Å². The highest BCUT2D eigenvalue weighted by Gasteiger charge is 2.43. The Morgan fingerprint density at radius 2 is 1.71 bits per heavy atom. The summed E-state index contributed by atoms with van der Waals surface area (Å²) in [5, 5.41) is 29.3. The number of hydrogen-bond acceptors (Lipinski definition) is 7. The van der Waals surface area contributed by atoms with Crippen LogP contribution in [0.15, 0.2) is 57.6 Å². The predicted molar refractivity (Wildman–Crippen MR) is 120 cm³/mol. The molecule has 0 saturated heterocycles. The molecule has 0 amide bonds. The zero-order chi connectivity index (χ0) is 24.6. The number of alkyl halides is 3. The number of hydrogen-bond donors (Lipinski definition) is 3. The number of halogens is 3. The molecule has 1 aliphatic rings.